The molecule has 0 aliphatic rings. The fourth-order valence-electron chi connectivity index (χ4n) is 1.67. The summed E-state index contributed by atoms with van der Waals surface area (Å²) in [4.78, 5) is 4.72. The smallest absolute Gasteiger partial charge is 0.0462 e. The normalized spacial score (nSPS) is 12.4. The minimum Gasteiger partial charge on any atom is -0.261 e. The lowest BCUT2D eigenvalue weighted by Crippen LogP contribution is -1.99. The number of rotatable bonds is 3. The van der Waals surface area contributed by atoms with E-state index in [0.717, 1.165) is 16.6 Å². The molecule has 0 bridgehead atoms. The minimum absolute atomic E-state index is 0.275. The van der Waals surface area contributed by atoms with Crippen LogP contribution in [0.1, 0.15) is 21.6 Å². The molecule has 1 aromatic carbocycles. The van der Waals surface area contributed by atoms with Gasteiger partial charge in [-0.1, -0.05) is 37.9 Å². The third-order valence-electron chi connectivity index (χ3n) is 2.66. The van der Waals surface area contributed by atoms with Crippen molar-refractivity contribution >= 4 is 54.5 Å². The number of benzene rings is 1. The first-order valence-corrected chi connectivity index (χ1v) is 8.35. The maximum absolute atomic E-state index is 4.45. The zero-order chi connectivity index (χ0) is 13.1. The van der Waals surface area contributed by atoms with E-state index in [1.54, 1.807) is 0 Å². The quantitative estimate of drug-likeness (QED) is 0.421. The molecule has 0 aliphatic heterocycles. The zero-order valence-electron chi connectivity index (χ0n) is 9.83. The van der Waals surface area contributed by atoms with Crippen LogP contribution in [0.3, 0.4) is 0 Å². The lowest BCUT2D eigenvalue weighted by atomic mass is 10.1. The van der Waals surface area contributed by atoms with Crippen LogP contribution >= 0.6 is 54.5 Å². The first kappa shape index (κ1) is 14.5. The predicted octanol–water partition coefficient (Wildman–Crippen LogP) is 5.44. The fourth-order valence-corrected chi connectivity index (χ4v) is 3.72. The predicted molar refractivity (Wildman–Crippen MR) is 91.2 cm³/mol. The van der Waals surface area contributed by atoms with Crippen LogP contribution in [0.5, 0.6) is 0 Å². The summed E-state index contributed by atoms with van der Waals surface area (Å²) >= 11 is 9.69. The van der Waals surface area contributed by atoms with Gasteiger partial charge in [-0.3, -0.25) is 4.98 Å². The van der Waals surface area contributed by atoms with Gasteiger partial charge in [0.15, 0.2) is 0 Å². The molecule has 0 saturated heterocycles. The highest BCUT2D eigenvalue weighted by Crippen LogP contribution is 2.33. The molecule has 0 N–H and O–H groups in total. The van der Waals surface area contributed by atoms with Gasteiger partial charge >= 0.3 is 0 Å². The van der Waals surface area contributed by atoms with E-state index < -0.39 is 0 Å². The third kappa shape index (κ3) is 3.78. The lowest BCUT2D eigenvalue weighted by molar-refractivity contribution is 0.897. The van der Waals surface area contributed by atoms with Crippen molar-refractivity contribution in [1.29, 1.82) is 0 Å². The first-order valence-electron chi connectivity index (χ1n) is 5.57. The topological polar surface area (TPSA) is 12.9 Å². The molecular formula is C14H12Br2IN. The maximum Gasteiger partial charge on any atom is 0.0462 e. The Morgan fingerprint density at radius 3 is 2.72 bits per heavy atom. The van der Waals surface area contributed by atoms with Crippen molar-refractivity contribution in [3.05, 3.63) is 61.4 Å². The van der Waals surface area contributed by atoms with Gasteiger partial charge in [0.2, 0.25) is 0 Å². The second-order valence-corrected chi connectivity index (χ2v) is 7.37. The van der Waals surface area contributed by atoms with Crippen molar-refractivity contribution in [2.75, 3.05) is 0 Å². The van der Waals surface area contributed by atoms with Crippen molar-refractivity contribution in [3.63, 3.8) is 0 Å². The molecule has 2 aromatic rings. The summed E-state index contributed by atoms with van der Waals surface area (Å²) in [6.45, 7) is 2.05. The molecule has 0 radical (unpaired) electrons. The number of aromatic nitrogens is 1. The molecule has 1 aromatic heterocycles. The van der Waals surface area contributed by atoms with E-state index in [1.165, 1.54) is 14.7 Å². The molecule has 0 spiro atoms. The minimum atomic E-state index is 0.275. The Labute approximate surface area is 138 Å². The molecule has 1 unspecified atom stereocenters. The van der Waals surface area contributed by atoms with Gasteiger partial charge in [0.25, 0.3) is 0 Å². The molecule has 0 saturated carbocycles. The van der Waals surface area contributed by atoms with Gasteiger partial charge in [-0.15, -0.1) is 0 Å². The zero-order valence-corrected chi connectivity index (χ0v) is 15.2. The van der Waals surface area contributed by atoms with E-state index in [-0.39, 0.29) is 4.83 Å². The highest BCUT2D eigenvalue weighted by atomic mass is 127. The van der Waals surface area contributed by atoms with Gasteiger partial charge in [-0.25, -0.2) is 0 Å². The molecule has 0 fully saturated rings. The van der Waals surface area contributed by atoms with Crippen molar-refractivity contribution in [2.24, 2.45) is 0 Å². The lowest BCUT2D eigenvalue weighted by Gasteiger charge is -2.12. The first-order chi connectivity index (χ1) is 8.56. The molecule has 2 rings (SSSR count). The molecule has 1 nitrogen and oxygen atoms in total. The van der Waals surface area contributed by atoms with Gasteiger partial charge < -0.3 is 0 Å². The maximum atomic E-state index is 4.45. The summed E-state index contributed by atoms with van der Waals surface area (Å²) in [5.74, 6) is 0. The van der Waals surface area contributed by atoms with E-state index in [2.05, 4.69) is 96.7 Å². The van der Waals surface area contributed by atoms with Gasteiger partial charge in [0.1, 0.15) is 0 Å². The number of pyridine rings is 1. The van der Waals surface area contributed by atoms with Crippen molar-refractivity contribution < 1.29 is 0 Å². The van der Waals surface area contributed by atoms with Crippen LogP contribution in [0.2, 0.25) is 0 Å². The monoisotopic (exact) mass is 479 g/mol. The van der Waals surface area contributed by atoms with Crippen molar-refractivity contribution in [1.82, 2.24) is 4.98 Å². The highest BCUT2D eigenvalue weighted by Gasteiger charge is 2.13. The van der Waals surface area contributed by atoms with Crippen LogP contribution in [-0.4, -0.2) is 4.98 Å². The summed E-state index contributed by atoms with van der Waals surface area (Å²) in [7, 11) is 0. The summed E-state index contributed by atoms with van der Waals surface area (Å²) in [6, 6.07) is 10.6. The summed E-state index contributed by atoms with van der Waals surface area (Å²) in [5.41, 5.74) is 3.57. The Kier molecular flexibility index (Phi) is 5.21. The Morgan fingerprint density at radius 2 is 2.06 bits per heavy atom. The van der Waals surface area contributed by atoms with Gasteiger partial charge in [-0.05, 0) is 64.9 Å². The molecule has 1 heterocycles. The fraction of sp³-hybridized carbons (Fsp3) is 0.214. The van der Waals surface area contributed by atoms with E-state index in [0.29, 0.717) is 0 Å². The van der Waals surface area contributed by atoms with E-state index >= 15 is 0 Å². The SMILES string of the molecule is Cc1ccc(CC(Br)c2cc(I)ccc2Br)nc1. The third-order valence-corrected chi connectivity index (χ3v) is 4.87. The van der Waals surface area contributed by atoms with Crippen LogP contribution in [0.25, 0.3) is 0 Å². The Hall–Kier alpha value is 0.0600. The van der Waals surface area contributed by atoms with Crippen LogP contribution in [-0.2, 0) is 6.42 Å². The molecular weight excluding hydrogens is 469 g/mol. The number of aryl methyl sites for hydroxylation is 1. The van der Waals surface area contributed by atoms with Gasteiger partial charge in [0, 0.05) is 31.2 Å². The standard InChI is InChI=1S/C14H12Br2IN/c1-9-2-4-11(18-8-9)7-14(16)12-6-10(17)3-5-13(12)15/h2-6,8,14H,7H2,1H3. The summed E-state index contributed by atoms with van der Waals surface area (Å²) in [5, 5.41) is 0. The van der Waals surface area contributed by atoms with Gasteiger partial charge in [0.05, 0.1) is 0 Å². The van der Waals surface area contributed by atoms with Crippen LogP contribution in [0.15, 0.2) is 41.0 Å². The largest absolute Gasteiger partial charge is 0.261 e. The highest BCUT2D eigenvalue weighted by molar-refractivity contribution is 14.1. The number of alkyl halides is 1. The number of hydrogen-bond acceptors (Lipinski definition) is 1. The summed E-state index contributed by atoms with van der Waals surface area (Å²) < 4.78 is 2.38. The average Bonchev–Trinajstić information content (AvgIpc) is 2.35. The van der Waals surface area contributed by atoms with Crippen molar-refractivity contribution in [3.8, 4) is 0 Å². The Morgan fingerprint density at radius 1 is 1.28 bits per heavy atom. The van der Waals surface area contributed by atoms with E-state index in [4.69, 9.17) is 0 Å². The Bertz CT molecular complexity index is 540. The molecule has 4 heteroatoms. The number of nitrogens with zero attached hydrogens (tertiary/aromatic N) is 1. The van der Waals surface area contributed by atoms with Gasteiger partial charge in [-0.2, -0.15) is 0 Å². The van der Waals surface area contributed by atoms with E-state index in [1.807, 2.05) is 6.20 Å². The number of hydrogen-bond donors (Lipinski definition) is 0. The van der Waals surface area contributed by atoms with Crippen LogP contribution in [0.4, 0.5) is 0 Å². The number of halogens is 3. The molecule has 1 atom stereocenters. The summed E-state index contributed by atoms with van der Waals surface area (Å²) in [6.07, 6.45) is 2.80. The second kappa shape index (κ2) is 6.48. The van der Waals surface area contributed by atoms with Crippen LogP contribution < -0.4 is 0 Å². The molecule has 94 valence electrons. The molecule has 18 heavy (non-hydrogen) atoms. The second-order valence-electron chi connectivity index (χ2n) is 4.16. The Balaban J connectivity index is 2.18. The van der Waals surface area contributed by atoms with E-state index in [9.17, 15) is 0 Å². The van der Waals surface area contributed by atoms with Crippen LogP contribution in [0, 0.1) is 10.5 Å². The molecule has 0 aliphatic carbocycles. The average molecular weight is 481 g/mol. The molecule has 0 amide bonds. The van der Waals surface area contributed by atoms with Crippen molar-refractivity contribution in [2.45, 2.75) is 18.2 Å².